The lowest BCUT2D eigenvalue weighted by Crippen LogP contribution is -2.14. The van der Waals surface area contributed by atoms with Gasteiger partial charge in [-0.15, -0.1) is 0 Å². The topological polar surface area (TPSA) is 88.1 Å². The zero-order chi connectivity index (χ0) is 18.5. The van der Waals surface area contributed by atoms with Crippen LogP contribution in [0.3, 0.4) is 0 Å². The molecular formula is C19H27N5O2. The summed E-state index contributed by atoms with van der Waals surface area (Å²) in [7, 11) is 0. The second-order valence-corrected chi connectivity index (χ2v) is 6.43. The molecule has 1 unspecified atom stereocenters. The fourth-order valence-electron chi connectivity index (χ4n) is 3.10. The molecule has 0 fully saturated rings. The van der Waals surface area contributed by atoms with Gasteiger partial charge in [-0.1, -0.05) is 6.92 Å². The summed E-state index contributed by atoms with van der Waals surface area (Å²) in [5, 5.41) is 0. The number of ether oxygens (including phenoxy) is 2. The van der Waals surface area contributed by atoms with E-state index in [9.17, 15) is 0 Å². The van der Waals surface area contributed by atoms with E-state index in [1.54, 1.807) is 6.20 Å². The average Bonchev–Trinajstić information content (AvgIpc) is 2.99. The van der Waals surface area contributed by atoms with Gasteiger partial charge in [0.25, 0.3) is 0 Å². The molecule has 7 nitrogen and oxygen atoms in total. The van der Waals surface area contributed by atoms with Gasteiger partial charge in [0.05, 0.1) is 5.52 Å². The number of anilines is 1. The minimum Gasteiger partial charge on any atom is -0.382 e. The Balaban J connectivity index is 2.07. The van der Waals surface area contributed by atoms with E-state index in [4.69, 9.17) is 20.2 Å². The van der Waals surface area contributed by atoms with Gasteiger partial charge in [-0.2, -0.15) is 0 Å². The lowest BCUT2D eigenvalue weighted by atomic mass is 10.1. The monoisotopic (exact) mass is 357 g/mol. The van der Waals surface area contributed by atoms with E-state index in [2.05, 4.69) is 21.5 Å². The van der Waals surface area contributed by atoms with Crippen molar-refractivity contribution in [3.63, 3.8) is 0 Å². The highest BCUT2D eigenvalue weighted by atomic mass is 16.5. The van der Waals surface area contributed by atoms with Crippen molar-refractivity contribution in [2.75, 3.05) is 25.6 Å². The predicted octanol–water partition coefficient (Wildman–Crippen LogP) is 3.16. The summed E-state index contributed by atoms with van der Waals surface area (Å²) in [6, 6.07) is 3.79. The van der Waals surface area contributed by atoms with Crippen molar-refractivity contribution in [2.45, 2.75) is 40.3 Å². The maximum absolute atomic E-state index is 6.19. The summed E-state index contributed by atoms with van der Waals surface area (Å²) in [5.74, 6) is 1.71. The predicted molar refractivity (Wildman–Crippen MR) is 103 cm³/mol. The van der Waals surface area contributed by atoms with E-state index >= 15 is 0 Å². The minimum atomic E-state index is 0.424. The fraction of sp³-hybridized carbons (Fsp3) is 0.526. The first kappa shape index (κ1) is 18.5. The molecule has 3 aromatic heterocycles. The molecule has 0 aliphatic rings. The van der Waals surface area contributed by atoms with Gasteiger partial charge in [-0.3, -0.25) is 4.98 Å². The number of rotatable bonds is 9. The van der Waals surface area contributed by atoms with Gasteiger partial charge in [0.15, 0.2) is 5.82 Å². The smallest absolute Gasteiger partial charge is 0.152 e. The number of hydrogen-bond acceptors (Lipinski definition) is 6. The van der Waals surface area contributed by atoms with E-state index in [1.807, 2.05) is 26.0 Å². The third kappa shape index (κ3) is 3.78. The number of nitrogens with zero attached hydrogens (tertiary/aromatic N) is 4. The highest BCUT2D eigenvalue weighted by Crippen LogP contribution is 2.28. The van der Waals surface area contributed by atoms with E-state index < -0.39 is 0 Å². The number of hydrogen-bond donors (Lipinski definition) is 1. The van der Waals surface area contributed by atoms with Crippen LogP contribution in [0, 0.1) is 5.92 Å². The molecule has 140 valence electrons. The molecular weight excluding hydrogens is 330 g/mol. The average molecular weight is 357 g/mol. The fourth-order valence-corrected chi connectivity index (χ4v) is 3.10. The van der Waals surface area contributed by atoms with Crippen molar-refractivity contribution in [3.8, 4) is 0 Å². The molecule has 0 amide bonds. The second kappa shape index (κ2) is 8.42. The number of imidazole rings is 1. The molecule has 0 saturated heterocycles. The van der Waals surface area contributed by atoms with E-state index in [-0.39, 0.29) is 0 Å². The summed E-state index contributed by atoms with van der Waals surface area (Å²) in [6.07, 6.45) is 2.76. The number of nitrogens with two attached hydrogens (primary N) is 1. The number of pyridine rings is 2. The van der Waals surface area contributed by atoms with Gasteiger partial charge < -0.3 is 19.8 Å². The van der Waals surface area contributed by atoms with Crippen LogP contribution in [0.5, 0.6) is 0 Å². The molecule has 2 N–H and O–H groups in total. The van der Waals surface area contributed by atoms with Crippen LogP contribution in [-0.4, -0.2) is 39.3 Å². The van der Waals surface area contributed by atoms with E-state index in [0.717, 1.165) is 48.6 Å². The Hall–Kier alpha value is -2.25. The Kier molecular flexibility index (Phi) is 6.00. The van der Waals surface area contributed by atoms with Crippen LogP contribution in [0.2, 0.25) is 0 Å². The minimum absolute atomic E-state index is 0.424. The Labute approximate surface area is 153 Å². The van der Waals surface area contributed by atoms with Gasteiger partial charge in [0.2, 0.25) is 0 Å². The van der Waals surface area contributed by atoms with Gasteiger partial charge in [0.1, 0.15) is 29.0 Å². The lowest BCUT2D eigenvalue weighted by Gasteiger charge is -2.16. The highest BCUT2D eigenvalue weighted by Gasteiger charge is 2.19. The molecule has 0 aliphatic carbocycles. The summed E-state index contributed by atoms with van der Waals surface area (Å²) in [6.45, 7) is 9.59. The third-order valence-electron chi connectivity index (χ3n) is 4.43. The van der Waals surface area contributed by atoms with Gasteiger partial charge in [0, 0.05) is 32.6 Å². The molecule has 0 aromatic carbocycles. The van der Waals surface area contributed by atoms with Crippen LogP contribution in [-0.2, 0) is 22.6 Å². The molecule has 1 atom stereocenters. The molecule has 7 heteroatoms. The maximum atomic E-state index is 6.19. The largest absolute Gasteiger partial charge is 0.382 e. The standard InChI is InChI=1S/C19H27N5O2/c1-4-25-10-8-13(3)11-24-15(12-26-5-2)23-17-18(24)16-14(22-19(17)20)7-6-9-21-16/h6-7,9,13H,4-5,8,10-12H2,1-3H3,(H2,20,22). The van der Waals surface area contributed by atoms with Crippen molar-refractivity contribution < 1.29 is 9.47 Å². The van der Waals surface area contributed by atoms with Crippen molar-refractivity contribution in [1.29, 1.82) is 0 Å². The summed E-state index contributed by atoms with van der Waals surface area (Å²) in [5.41, 5.74) is 9.42. The Morgan fingerprint density at radius 2 is 1.96 bits per heavy atom. The lowest BCUT2D eigenvalue weighted by molar-refractivity contribution is 0.121. The van der Waals surface area contributed by atoms with Crippen LogP contribution in [0.25, 0.3) is 22.1 Å². The van der Waals surface area contributed by atoms with Crippen LogP contribution in [0.4, 0.5) is 5.82 Å². The highest BCUT2D eigenvalue weighted by molar-refractivity contribution is 6.04. The van der Waals surface area contributed by atoms with E-state index in [0.29, 0.717) is 30.5 Å². The van der Waals surface area contributed by atoms with Gasteiger partial charge >= 0.3 is 0 Å². The molecule has 3 aromatic rings. The molecule has 3 heterocycles. The van der Waals surface area contributed by atoms with Crippen molar-refractivity contribution in [3.05, 3.63) is 24.2 Å². The first-order chi connectivity index (χ1) is 12.7. The van der Waals surface area contributed by atoms with Crippen LogP contribution in [0.15, 0.2) is 18.3 Å². The second-order valence-electron chi connectivity index (χ2n) is 6.43. The molecule has 0 radical (unpaired) electrons. The SMILES string of the molecule is CCOCCC(C)Cn1c(COCC)nc2c(N)nc3cccnc3c21. The molecule has 0 spiro atoms. The van der Waals surface area contributed by atoms with Crippen molar-refractivity contribution in [1.82, 2.24) is 19.5 Å². The molecule has 0 saturated carbocycles. The van der Waals surface area contributed by atoms with Crippen molar-refractivity contribution in [2.24, 2.45) is 5.92 Å². The molecule has 0 aliphatic heterocycles. The molecule has 0 bridgehead atoms. The number of aromatic nitrogens is 4. The maximum Gasteiger partial charge on any atom is 0.152 e. The zero-order valence-corrected chi connectivity index (χ0v) is 15.7. The van der Waals surface area contributed by atoms with E-state index in [1.165, 1.54) is 0 Å². The Morgan fingerprint density at radius 3 is 2.73 bits per heavy atom. The van der Waals surface area contributed by atoms with Crippen LogP contribution in [0.1, 0.15) is 33.0 Å². The zero-order valence-electron chi connectivity index (χ0n) is 15.7. The normalized spacial score (nSPS) is 12.9. The Morgan fingerprint density at radius 1 is 1.15 bits per heavy atom. The van der Waals surface area contributed by atoms with Gasteiger partial charge in [-0.05, 0) is 38.3 Å². The number of nitrogen functional groups attached to an aromatic ring is 1. The Bertz CT molecular complexity index is 877. The number of fused-ring (bicyclic) bond motifs is 3. The third-order valence-corrected chi connectivity index (χ3v) is 4.43. The quantitative estimate of drug-likeness (QED) is 0.592. The first-order valence-electron chi connectivity index (χ1n) is 9.20. The molecule has 26 heavy (non-hydrogen) atoms. The summed E-state index contributed by atoms with van der Waals surface area (Å²) in [4.78, 5) is 13.7. The van der Waals surface area contributed by atoms with Gasteiger partial charge in [-0.25, -0.2) is 9.97 Å². The van der Waals surface area contributed by atoms with Crippen LogP contribution >= 0.6 is 0 Å². The van der Waals surface area contributed by atoms with Crippen molar-refractivity contribution >= 4 is 27.9 Å². The first-order valence-corrected chi connectivity index (χ1v) is 9.20. The molecule has 3 rings (SSSR count). The summed E-state index contributed by atoms with van der Waals surface area (Å²) < 4.78 is 13.3. The van der Waals surface area contributed by atoms with Crippen LogP contribution < -0.4 is 5.73 Å². The summed E-state index contributed by atoms with van der Waals surface area (Å²) >= 11 is 0.